The Morgan fingerprint density at radius 1 is 1.23 bits per heavy atom. The van der Waals surface area contributed by atoms with E-state index in [4.69, 9.17) is 9.47 Å². The molecule has 0 amide bonds. The van der Waals surface area contributed by atoms with Crippen molar-refractivity contribution in [3.63, 3.8) is 0 Å². The molecule has 0 aliphatic carbocycles. The quantitative estimate of drug-likeness (QED) is 0.628. The summed E-state index contributed by atoms with van der Waals surface area (Å²) in [6.07, 6.45) is 3.83. The van der Waals surface area contributed by atoms with E-state index in [1.54, 1.807) is 7.11 Å². The molecule has 5 heteroatoms. The highest BCUT2D eigenvalue weighted by molar-refractivity contribution is 5.81. The lowest BCUT2D eigenvalue weighted by Crippen LogP contribution is -2.40. The maximum Gasteiger partial charge on any atom is 0.307 e. The van der Waals surface area contributed by atoms with E-state index in [9.17, 15) is 9.90 Å². The molecular formula is C25H31NO4. The molecule has 30 heavy (non-hydrogen) atoms. The minimum absolute atomic E-state index is 0.251. The molecule has 1 aliphatic heterocycles. The first kappa shape index (κ1) is 22.1. The average Bonchev–Trinajstić information content (AvgIpc) is 2.77. The highest BCUT2D eigenvalue weighted by Gasteiger charge is 2.24. The fourth-order valence-corrected chi connectivity index (χ4v) is 3.93. The van der Waals surface area contributed by atoms with Crippen molar-refractivity contribution in [3.8, 4) is 5.75 Å². The summed E-state index contributed by atoms with van der Waals surface area (Å²) in [5, 5.41) is 9.23. The Kier molecular flexibility index (Phi) is 8.05. The van der Waals surface area contributed by atoms with Crippen LogP contribution < -0.4 is 4.74 Å². The number of methoxy groups -OCH3 is 1. The number of nitrogens with zero attached hydrogens (tertiary/aromatic N) is 1. The van der Waals surface area contributed by atoms with E-state index >= 15 is 0 Å². The summed E-state index contributed by atoms with van der Waals surface area (Å²) in [7, 11) is 1.68. The van der Waals surface area contributed by atoms with Crippen LogP contribution in [0.1, 0.15) is 29.5 Å². The third-order valence-corrected chi connectivity index (χ3v) is 5.63. The Labute approximate surface area is 178 Å². The Balaban J connectivity index is 1.64. The molecule has 160 valence electrons. The molecule has 1 N–H and O–H groups in total. The molecule has 1 fully saturated rings. The number of piperidine rings is 1. The second kappa shape index (κ2) is 11.0. The van der Waals surface area contributed by atoms with E-state index < -0.39 is 5.97 Å². The number of carboxylic acids is 1. The van der Waals surface area contributed by atoms with Gasteiger partial charge in [-0.25, -0.2) is 0 Å². The summed E-state index contributed by atoms with van der Waals surface area (Å²) < 4.78 is 11.3. The number of hydrogen-bond donors (Lipinski definition) is 1. The van der Waals surface area contributed by atoms with Crippen LogP contribution in [0.3, 0.4) is 0 Å². The Hall–Kier alpha value is -2.63. The molecule has 3 rings (SSSR count). The van der Waals surface area contributed by atoms with Gasteiger partial charge in [-0.1, -0.05) is 42.5 Å². The van der Waals surface area contributed by atoms with Crippen LogP contribution in [0.4, 0.5) is 0 Å². The van der Waals surface area contributed by atoms with Crippen molar-refractivity contribution in [1.82, 2.24) is 4.90 Å². The zero-order valence-corrected chi connectivity index (χ0v) is 17.8. The molecule has 0 saturated carbocycles. The first-order valence-corrected chi connectivity index (χ1v) is 10.5. The summed E-state index contributed by atoms with van der Waals surface area (Å²) >= 11 is 0. The number of aliphatic carboxylic acids is 1. The fraction of sp³-hybridized carbons (Fsp3) is 0.400. The fourth-order valence-electron chi connectivity index (χ4n) is 3.93. The Morgan fingerprint density at radius 2 is 2.07 bits per heavy atom. The zero-order chi connectivity index (χ0) is 21.3. The van der Waals surface area contributed by atoms with E-state index in [1.165, 1.54) is 11.1 Å². The summed E-state index contributed by atoms with van der Waals surface area (Å²) in [6.45, 7) is 5.52. The van der Waals surface area contributed by atoms with Gasteiger partial charge in [0, 0.05) is 13.1 Å². The van der Waals surface area contributed by atoms with E-state index in [-0.39, 0.29) is 5.92 Å². The number of likely N-dealkylation sites (tertiary alicyclic amines) is 1. The normalized spacial score (nSPS) is 17.7. The lowest BCUT2D eigenvalue weighted by molar-refractivity contribution is -0.143. The van der Waals surface area contributed by atoms with E-state index in [1.807, 2.05) is 30.3 Å². The van der Waals surface area contributed by atoms with Crippen molar-refractivity contribution in [2.24, 2.45) is 5.92 Å². The minimum Gasteiger partial charge on any atom is -0.497 e. The standard InChI is InChI=1S/C25H31NO4/c1-19-7-3-4-11-23(19)24(20-8-5-10-22(17-20)29-2)12-15-30-16-14-26-13-6-9-21(18-26)25(27)28/h3-5,7-8,10-12,17,21H,6,9,13-16,18H2,1-2H3,(H,27,28)/b24-12+. The summed E-state index contributed by atoms with van der Waals surface area (Å²) in [6, 6.07) is 16.4. The van der Waals surface area contributed by atoms with Crippen LogP contribution in [-0.2, 0) is 9.53 Å². The van der Waals surface area contributed by atoms with Crippen LogP contribution in [0, 0.1) is 12.8 Å². The second-order valence-electron chi connectivity index (χ2n) is 7.72. The predicted octanol–water partition coefficient (Wildman–Crippen LogP) is 4.25. The third-order valence-electron chi connectivity index (χ3n) is 5.63. The number of rotatable bonds is 9. The largest absolute Gasteiger partial charge is 0.497 e. The predicted molar refractivity (Wildman–Crippen MR) is 119 cm³/mol. The average molecular weight is 410 g/mol. The topological polar surface area (TPSA) is 59.0 Å². The smallest absolute Gasteiger partial charge is 0.307 e. The van der Waals surface area contributed by atoms with Crippen LogP contribution >= 0.6 is 0 Å². The Morgan fingerprint density at radius 3 is 2.83 bits per heavy atom. The molecule has 1 unspecified atom stereocenters. The number of benzene rings is 2. The molecule has 1 heterocycles. The molecule has 0 radical (unpaired) electrons. The van der Waals surface area contributed by atoms with Crippen LogP contribution in [0.25, 0.3) is 5.57 Å². The van der Waals surface area contributed by atoms with Gasteiger partial charge in [0.2, 0.25) is 0 Å². The van der Waals surface area contributed by atoms with Crippen LogP contribution in [0.5, 0.6) is 5.75 Å². The lowest BCUT2D eigenvalue weighted by atomic mass is 9.94. The molecule has 2 aromatic rings. The highest BCUT2D eigenvalue weighted by Crippen LogP contribution is 2.28. The molecule has 1 aliphatic rings. The van der Waals surface area contributed by atoms with Crippen LogP contribution in [0.15, 0.2) is 54.6 Å². The molecule has 0 bridgehead atoms. The molecule has 1 saturated heterocycles. The van der Waals surface area contributed by atoms with Crippen molar-refractivity contribution in [3.05, 3.63) is 71.3 Å². The van der Waals surface area contributed by atoms with Crippen molar-refractivity contribution < 1.29 is 19.4 Å². The molecule has 0 spiro atoms. The van der Waals surface area contributed by atoms with Gasteiger partial charge in [0.25, 0.3) is 0 Å². The van der Waals surface area contributed by atoms with E-state index in [0.717, 1.165) is 42.8 Å². The highest BCUT2D eigenvalue weighted by atomic mass is 16.5. The number of ether oxygens (including phenoxy) is 2. The molecule has 0 aromatic heterocycles. The maximum absolute atomic E-state index is 11.2. The molecule has 5 nitrogen and oxygen atoms in total. The van der Waals surface area contributed by atoms with Crippen LogP contribution in [0.2, 0.25) is 0 Å². The van der Waals surface area contributed by atoms with Crippen molar-refractivity contribution in [2.75, 3.05) is 40.0 Å². The van der Waals surface area contributed by atoms with Crippen molar-refractivity contribution in [2.45, 2.75) is 19.8 Å². The number of hydrogen-bond acceptors (Lipinski definition) is 4. The van der Waals surface area contributed by atoms with Crippen molar-refractivity contribution in [1.29, 1.82) is 0 Å². The number of carboxylic acid groups (broad SMARTS) is 1. The summed E-state index contributed by atoms with van der Waals surface area (Å²) in [5.41, 5.74) is 4.60. The molecular weight excluding hydrogens is 378 g/mol. The summed E-state index contributed by atoms with van der Waals surface area (Å²) in [5.74, 6) is -0.116. The van der Waals surface area contributed by atoms with Gasteiger partial charge in [-0.15, -0.1) is 0 Å². The van der Waals surface area contributed by atoms with Gasteiger partial charge < -0.3 is 19.5 Å². The SMILES string of the molecule is COc1cccc(/C(=C\COCCN2CCCC(C(=O)O)C2)c2ccccc2C)c1. The van der Waals surface area contributed by atoms with Gasteiger partial charge in [0.05, 0.1) is 26.2 Å². The molecule has 1 atom stereocenters. The van der Waals surface area contributed by atoms with Gasteiger partial charge in [0.15, 0.2) is 0 Å². The zero-order valence-electron chi connectivity index (χ0n) is 17.8. The number of aryl methyl sites for hydroxylation is 1. The first-order chi connectivity index (χ1) is 14.6. The minimum atomic E-state index is -0.690. The van der Waals surface area contributed by atoms with Gasteiger partial charge in [-0.3, -0.25) is 4.79 Å². The van der Waals surface area contributed by atoms with Gasteiger partial charge in [-0.2, -0.15) is 0 Å². The van der Waals surface area contributed by atoms with Crippen LogP contribution in [-0.4, -0.2) is 55.9 Å². The van der Waals surface area contributed by atoms with Gasteiger partial charge in [-0.05, 0) is 60.7 Å². The van der Waals surface area contributed by atoms with Gasteiger partial charge >= 0.3 is 5.97 Å². The first-order valence-electron chi connectivity index (χ1n) is 10.5. The Bertz CT molecular complexity index is 877. The third kappa shape index (κ3) is 5.94. The lowest BCUT2D eigenvalue weighted by Gasteiger charge is -2.30. The monoisotopic (exact) mass is 409 g/mol. The van der Waals surface area contributed by atoms with E-state index in [2.05, 4.69) is 36.1 Å². The van der Waals surface area contributed by atoms with Gasteiger partial charge in [0.1, 0.15) is 5.75 Å². The summed E-state index contributed by atoms with van der Waals surface area (Å²) in [4.78, 5) is 13.4. The van der Waals surface area contributed by atoms with E-state index in [0.29, 0.717) is 19.8 Å². The maximum atomic E-state index is 11.2. The molecule has 2 aromatic carbocycles. The second-order valence-corrected chi connectivity index (χ2v) is 7.72. The van der Waals surface area contributed by atoms with Crippen molar-refractivity contribution >= 4 is 11.5 Å². The number of carbonyl (C=O) groups is 1.